The van der Waals surface area contributed by atoms with Crippen molar-refractivity contribution in [1.82, 2.24) is 15.5 Å². The summed E-state index contributed by atoms with van der Waals surface area (Å²) in [6.07, 6.45) is 6.55. The molecule has 0 aliphatic carbocycles. The van der Waals surface area contributed by atoms with Gasteiger partial charge in [0.2, 0.25) is 0 Å². The second-order valence-electron chi connectivity index (χ2n) is 5.17. The van der Waals surface area contributed by atoms with Crippen LogP contribution in [0.15, 0.2) is 4.99 Å². The Bertz CT molecular complexity index is 252. The lowest BCUT2D eigenvalue weighted by Gasteiger charge is -2.33. The highest BCUT2D eigenvalue weighted by atomic mass is 15.2. The van der Waals surface area contributed by atoms with Crippen molar-refractivity contribution in [2.75, 3.05) is 32.7 Å². The molecule has 4 heteroatoms. The Hall–Kier alpha value is -0.770. The van der Waals surface area contributed by atoms with Gasteiger partial charge in [-0.15, -0.1) is 0 Å². The lowest BCUT2D eigenvalue weighted by molar-refractivity contribution is 0.159. The van der Waals surface area contributed by atoms with Gasteiger partial charge in [0.25, 0.3) is 0 Å². The van der Waals surface area contributed by atoms with Crippen molar-refractivity contribution in [1.29, 1.82) is 0 Å². The highest BCUT2D eigenvalue weighted by Crippen LogP contribution is 2.15. The van der Waals surface area contributed by atoms with Crippen molar-refractivity contribution in [3.8, 4) is 0 Å². The highest BCUT2D eigenvalue weighted by molar-refractivity contribution is 5.80. The van der Waals surface area contributed by atoms with Crippen LogP contribution in [0.1, 0.15) is 39.0 Å². The lowest BCUT2D eigenvalue weighted by Crippen LogP contribution is -2.43. The van der Waals surface area contributed by atoms with E-state index in [4.69, 9.17) is 0 Å². The Balaban J connectivity index is 1.57. The molecule has 2 aliphatic heterocycles. The van der Waals surface area contributed by atoms with Crippen molar-refractivity contribution in [2.45, 2.75) is 45.1 Å². The smallest absolute Gasteiger partial charge is 0.191 e. The van der Waals surface area contributed by atoms with Gasteiger partial charge >= 0.3 is 0 Å². The van der Waals surface area contributed by atoms with Crippen molar-refractivity contribution < 1.29 is 0 Å². The molecule has 4 nitrogen and oxygen atoms in total. The molecule has 0 aromatic heterocycles. The van der Waals surface area contributed by atoms with Gasteiger partial charge in [-0.1, -0.05) is 6.42 Å². The summed E-state index contributed by atoms with van der Waals surface area (Å²) in [7, 11) is 0. The summed E-state index contributed by atoms with van der Waals surface area (Å²) < 4.78 is 0. The van der Waals surface area contributed by atoms with Crippen LogP contribution in [0.5, 0.6) is 0 Å². The van der Waals surface area contributed by atoms with Crippen molar-refractivity contribution in [2.24, 2.45) is 4.99 Å². The number of guanidine groups is 1. The van der Waals surface area contributed by atoms with Crippen LogP contribution in [0, 0.1) is 0 Å². The van der Waals surface area contributed by atoms with Gasteiger partial charge < -0.3 is 15.5 Å². The van der Waals surface area contributed by atoms with Crippen LogP contribution in [0.4, 0.5) is 0 Å². The number of rotatable bonds is 4. The van der Waals surface area contributed by atoms with Crippen LogP contribution in [0.3, 0.4) is 0 Å². The molecule has 2 aliphatic rings. The summed E-state index contributed by atoms with van der Waals surface area (Å²) in [5.74, 6) is 1.00. The Labute approximate surface area is 105 Å². The molecular formula is C13H26N4. The van der Waals surface area contributed by atoms with Gasteiger partial charge in [-0.05, 0) is 39.2 Å². The maximum absolute atomic E-state index is 4.41. The van der Waals surface area contributed by atoms with Crippen LogP contribution in [-0.4, -0.2) is 49.6 Å². The molecule has 2 rings (SSSR count). The molecule has 1 fully saturated rings. The highest BCUT2D eigenvalue weighted by Gasteiger charge is 2.17. The quantitative estimate of drug-likeness (QED) is 0.723. The van der Waals surface area contributed by atoms with E-state index in [2.05, 4.69) is 27.4 Å². The number of hydrogen-bond donors (Lipinski definition) is 2. The molecule has 0 amide bonds. The van der Waals surface area contributed by atoms with Crippen LogP contribution in [0.2, 0.25) is 0 Å². The van der Waals surface area contributed by atoms with Crippen LogP contribution in [0.25, 0.3) is 0 Å². The second kappa shape index (κ2) is 6.84. The van der Waals surface area contributed by atoms with Gasteiger partial charge in [0.15, 0.2) is 5.96 Å². The molecular weight excluding hydrogens is 212 g/mol. The van der Waals surface area contributed by atoms with Gasteiger partial charge in [-0.2, -0.15) is 0 Å². The third kappa shape index (κ3) is 4.19. The van der Waals surface area contributed by atoms with Gasteiger partial charge in [-0.25, -0.2) is 0 Å². The van der Waals surface area contributed by atoms with E-state index in [0.717, 1.165) is 38.1 Å². The van der Waals surface area contributed by atoms with Gasteiger partial charge in [0.05, 0.1) is 0 Å². The third-order valence-corrected chi connectivity index (χ3v) is 3.75. The molecule has 1 unspecified atom stereocenters. The molecule has 0 aromatic carbocycles. The fourth-order valence-electron chi connectivity index (χ4n) is 2.63. The monoisotopic (exact) mass is 238 g/mol. The number of aliphatic imine (C=N–C) groups is 1. The van der Waals surface area contributed by atoms with Gasteiger partial charge in [-0.3, -0.25) is 4.99 Å². The zero-order valence-corrected chi connectivity index (χ0v) is 11.0. The average molecular weight is 238 g/mol. The predicted octanol–water partition coefficient (Wildman–Crippen LogP) is 1.19. The first-order chi connectivity index (χ1) is 8.36. The van der Waals surface area contributed by atoms with Crippen molar-refractivity contribution in [3.63, 3.8) is 0 Å². The zero-order valence-electron chi connectivity index (χ0n) is 11.0. The van der Waals surface area contributed by atoms with E-state index < -0.39 is 0 Å². The summed E-state index contributed by atoms with van der Waals surface area (Å²) in [5.41, 5.74) is 0. The predicted molar refractivity (Wildman–Crippen MR) is 72.4 cm³/mol. The molecule has 2 heterocycles. The molecule has 17 heavy (non-hydrogen) atoms. The molecule has 1 saturated heterocycles. The normalized spacial score (nSPS) is 26.2. The van der Waals surface area contributed by atoms with E-state index in [1.54, 1.807) is 0 Å². The van der Waals surface area contributed by atoms with E-state index in [0.29, 0.717) is 0 Å². The maximum Gasteiger partial charge on any atom is 0.191 e. The molecule has 1 atom stereocenters. The van der Waals surface area contributed by atoms with Crippen molar-refractivity contribution in [3.05, 3.63) is 0 Å². The van der Waals surface area contributed by atoms with Crippen LogP contribution >= 0.6 is 0 Å². The molecule has 0 bridgehead atoms. The molecule has 0 aromatic rings. The summed E-state index contributed by atoms with van der Waals surface area (Å²) in [6, 6.07) is 0.786. The Morgan fingerprint density at radius 1 is 1.41 bits per heavy atom. The minimum absolute atomic E-state index is 0.786. The first-order valence-corrected chi connectivity index (χ1v) is 7.12. The molecule has 0 saturated carbocycles. The second-order valence-corrected chi connectivity index (χ2v) is 5.17. The van der Waals surface area contributed by atoms with Gasteiger partial charge in [0.1, 0.15) is 0 Å². The first kappa shape index (κ1) is 12.7. The maximum atomic E-state index is 4.41. The van der Waals surface area contributed by atoms with E-state index in [9.17, 15) is 0 Å². The van der Waals surface area contributed by atoms with E-state index in [1.807, 2.05) is 0 Å². The molecule has 98 valence electrons. The number of likely N-dealkylation sites (tertiary alicyclic amines) is 1. The SMILES string of the molecule is CC1CCCCN1CCCNC1=NCCCN1. The number of piperidine rings is 1. The molecule has 0 spiro atoms. The summed E-state index contributed by atoms with van der Waals surface area (Å²) in [4.78, 5) is 7.04. The Morgan fingerprint density at radius 3 is 3.12 bits per heavy atom. The standard InChI is InChI=1S/C13H26N4/c1-12-6-2-3-10-17(12)11-5-9-16-13-14-7-4-8-15-13/h12H,2-11H2,1H3,(H2,14,15,16). The average Bonchev–Trinajstić information content (AvgIpc) is 2.38. The number of nitrogens with zero attached hydrogens (tertiary/aromatic N) is 2. The Kier molecular flexibility index (Phi) is 5.10. The van der Waals surface area contributed by atoms with E-state index in [-0.39, 0.29) is 0 Å². The van der Waals surface area contributed by atoms with E-state index >= 15 is 0 Å². The fourth-order valence-corrected chi connectivity index (χ4v) is 2.63. The minimum atomic E-state index is 0.786. The summed E-state index contributed by atoms with van der Waals surface area (Å²) >= 11 is 0. The van der Waals surface area contributed by atoms with Crippen molar-refractivity contribution >= 4 is 5.96 Å². The fraction of sp³-hybridized carbons (Fsp3) is 0.923. The largest absolute Gasteiger partial charge is 0.356 e. The zero-order chi connectivity index (χ0) is 11.9. The molecule has 2 N–H and O–H groups in total. The lowest BCUT2D eigenvalue weighted by atomic mass is 10.0. The third-order valence-electron chi connectivity index (χ3n) is 3.75. The summed E-state index contributed by atoms with van der Waals surface area (Å²) in [6.45, 7) is 7.95. The van der Waals surface area contributed by atoms with E-state index in [1.165, 1.54) is 38.8 Å². The first-order valence-electron chi connectivity index (χ1n) is 7.12. The minimum Gasteiger partial charge on any atom is -0.356 e. The van der Waals surface area contributed by atoms with Gasteiger partial charge in [0, 0.05) is 32.2 Å². The summed E-state index contributed by atoms with van der Waals surface area (Å²) in [5, 5.41) is 6.68. The number of nitrogens with one attached hydrogen (secondary N) is 2. The topological polar surface area (TPSA) is 39.7 Å². The Morgan fingerprint density at radius 2 is 2.35 bits per heavy atom. The molecule has 0 radical (unpaired) electrons. The van der Waals surface area contributed by atoms with Crippen LogP contribution < -0.4 is 10.6 Å². The number of hydrogen-bond acceptors (Lipinski definition) is 4. The van der Waals surface area contributed by atoms with Crippen LogP contribution in [-0.2, 0) is 0 Å².